The SMILES string of the molecule is Cc1cccc(C)c1NCCCC(O)C(N)Oc1ccccc1.Cl. The van der Waals surface area contributed by atoms with Crippen LogP contribution in [0.1, 0.15) is 24.0 Å². The van der Waals surface area contributed by atoms with E-state index in [0.29, 0.717) is 12.2 Å². The second-order valence-corrected chi connectivity index (χ2v) is 5.80. The van der Waals surface area contributed by atoms with Gasteiger partial charge in [-0.1, -0.05) is 36.4 Å². The van der Waals surface area contributed by atoms with E-state index in [-0.39, 0.29) is 12.4 Å². The maximum atomic E-state index is 10.1. The Labute approximate surface area is 150 Å². The average molecular weight is 351 g/mol. The van der Waals surface area contributed by atoms with Crippen LogP contribution >= 0.6 is 12.4 Å². The fourth-order valence-electron chi connectivity index (χ4n) is 2.52. The molecule has 0 aliphatic rings. The molecule has 2 aromatic rings. The lowest BCUT2D eigenvalue weighted by Crippen LogP contribution is -2.40. The van der Waals surface area contributed by atoms with Gasteiger partial charge in [0.25, 0.3) is 0 Å². The van der Waals surface area contributed by atoms with Gasteiger partial charge in [0, 0.05) is 12.2 Å². The molecular weight excluding hydrogens is 324 g/mol. The molecule has 0 fully saturated rings. The van der Waals surface area contributed by atoms with E-state index in [4.69, 9.17) is 10.5 Å². The van der Waals surface area contributed by atoms with Crippen LogP contribution in [-0.2, 0) is 0 Å². The Morgan fingerprint density at radius 2 is 1.67 bits per heavy atom. The summed E-state index contributed by atoms with van der Waals surface area (Å²) in [4.78, 5) is 0. The molecule has 0 heterocycles. The summed E-state index contributed by atoms with van der Waals surface area (Å²) in [6.45, 7) is 4.97. The zero-order valence-electron chi connectivity index (χ0n) is 14.2. The van der Waals surface area contributed by atoms with Gasteiger partial charge in [0.1, 0.15) is 11.9 Å². The van der Waals surface area contributed by atoms with E-state index in [1.807, 2.05) is 30.3 Å². The van der Waals surface area contributed by atoms with E-state index in [1.54, 1.807) is 0 Å². The van der Waals surface area contributed by atoms with Crippen LogP contribution in [-0.4, -0.2) is 24.0 Å². The number of aliphatic hydroxyl groups is 1. The van der Waals surface area contributed by atoms with Gasteiger partial charge in [-0.15, -0.1) is 12.4 Å². The molecule has 24 heavy (non-hydrogen) atoms. The summed E-state index contributed by atoms with van der Waals surface area (Å²) in [5, 5.41) is 13.5. The molecule has 132 valence electrons. The molecule has 2 unspecified atom stereocenters. The lowest BCUT2D eigenvalue weighted by molar-refractivity contribution is 0.0340. The van der Waals surface area contributed by atoms with Crippen molar-refractivity contribution in [3.05, 3.63) is 59.7 Å². The Hall–Kier alpha value is -1.75. The van der Waals surface area contributed by atoms with E-state index in [2.05, 4.69) is 37.4 Å². The summed E-state index contributed by atoms with van der Waals surface area (Å²) in [6, 6.07) is 15.6. The first kappa shape index (κ1) is 20.3. The van der Waals surface area contributed by atoms with Crippen molar-refractivity contribution in [3.8, 4) is 5.75 Å². The highest BCUT2D eigenvalue weighted by Gasteiger charge is 2.16. The Balaban J connectivity index is 0.00000288. The monoisotopic (exact) mass is 350 g/mol. The van der Waals surface area contributed by atoms with Crippen LogP contribution in [0.15, 0.2) is 48.5 Å². The minimum absolute atomic E-state index is 0. The molecule has 0 radical (unpaired) electrons. The Bertz CT molecular complexity index is 587. The van der Waals surface area contributed by atoms with Crippen LogP contribution in [0.4, 0.5) is 5.69 Å². The summed E-state index contributed by atoms with van der Waals surface area (Å²) in [6.07, 6.45) is 0.0137. The van der Waals surface area contributed by atoms with E-state index in [9.17, 15) is 5.11 Å². The van der Waals surface area contributed by atoms with Crippen molar-refractivity contribution in [2.24, 2.45) is 5.73 Å². The van der Waals surface area contributed by atoms with Gasteiger partial charge >= 0.3 is 0 Å². The standard InChI is InChI=1S/C19H26N2O2.ClH/c1-14-8-6-9-15(2)18(14)21-13-7-12-17(22)19(20)23-16-10-4-3-5-11-16;/h3-6,8-11,17,19,21-22H,7,12-13,20H2,1-2H3;1H. The number of nitrogens with two attached hydrogens (primary N) is 1. The van der Waals surface area contributed by atoms with Crippen molar-refractivity contribution in [2.75, 3.05) is 11.9 Å². The number of rotatable bonds is 8. The number of nitrogens with one attached hydrogen (secondary N) is 1. The first-order chi connectivity index (χ1) is 11.1. The lowest BCUT2D eigenvalue weighted by atomic mass is 10.1. The number of para-hydroxylation sites is 2. The number of halogens is 1. The van der Waals surface area contributed by atoms with E-state index >= 15 is 0 Å². The summed E-state index contributed by atoms with van der Waals surface area (Å²) in [7, 11) is 0. The number of aliphatic hydroxyl groups excluding tert-OH is 1. The second kappa shape index (κ2) is 10.2. The minimum atomic E-state index is -0.711. The van der Waals surface area contributed by atoms with Crippen molar-refractivity contribution >= 4 is 18.1 Å². The predicted octanol–water partition coefficient (Wildman–Crippen LogP) is 3.64. The number of hydrogen-bond donors (Lipinski definition) is 3. The van der Waals surface area contributed by atoms with Gasteiger partial charge < -0.3 is 15.2 Å². The van der Waals surface area contributed by atoms with Gasteiger partial charge in [-0.05, 0) is 49.9 Å². The molecule has 2 atom stereocenters. The van der Waals surface area contributed by atoms with Gasteiger partial charge in [0.15, 0.2) is 6.23 Å². The number of ether oxygens (including phenoxy) is 1. The highest BCUT2D eigenvalue weighted by atomic mass is 35.5. The van der Waals surface area contributed by atoms with Crippen molar-refractivity contribution in [3.63, 3.8) is 0 Å². The van der Waals surface area contributed by atoms with Crippen molar-refractivity contribution in [1.82, 2.24) is 0 Å². The first-order valence-corrected chi connectivity index (χ1v) is 8.03. The number of aryl methyl sites for hydroxylation is 2. The molecule has 2 aromatic carbocycles. The molecule has 2 rings (SSSR count). The molecule has 0 saturated heterocycles. The Kier molecular flexibility index (Phi) is 8.61. The number of benzene rings is 2. The predicted molar refractivity (Wildman–Crippen MR) is 102 cm³/mol. The van der Waals surface area contributed by atoms with Crippen molar-refractivity contribution in [2.45, 2.75) is 39.0 Å². The summed E-state index contributed by atoms with van der Waals surface area (Å²) >= 11 is 0. The van der Waals surface area contributed by atoms with Crippen molar-refractivity contribution < 1.29 is 9.84 Å². The third kappa shape index (κ3) is 6.04. The molecule has 0 amide bonds. The summed E-state index contributed by atoms with van der Waals surface area (Å²) in [5.41, 5.74) is 9.53. The maximum Gasteiger partial charge on any atom is 0.173 e. The third-order valence-electron chi connectivity index (χ3n) is 3.85. The molecule has 0 aromatic heterocycles. The number of anilines is 1. The maximum absolute atomic E-state index is 10.1. The Morgan fingerprint density at radius 3 is 2.29 bits per heavy atom. The van der Waals surface area contributed by atoms with Crippen LogP contribution < -0.4 is 15.8 Å². The molecule has 0 bridgehead atoms. The van der Waals surface area contributed by atoms with Gasteiger partial charge in [0.2, 0.25) is 0 Å². The molecule has 0 aliphatic heterocycles. The first-order valence-electron chi connectivity index (χ1n) is 8.03. The Morgan fingerprint density at radius 1 is 1.04 bits per heavy atom. The second-order valence-electron chi connectivity index (χ2n) is 5.80. The van der Waals surface area contributed by atoms with Gasteiger partial charge in [0.05, 0.1) is 0 Å². The lowest BCUT2D eigenvalue weighted by Gasteiger charge is -2.20. The van der Waals surface area contributed by atoms with Gasteiger partial charge in [-0.25, -0.2) is 0 Å². The van der Waals surface area contributed by atoms with E-state index in [0.717, 1.165) is 13.0 Å². The average Bonchev–Trinajstić information content (AvgIpc) is 2.54. The van der Waals surface area contributed by atoms with Crippen LogP contribution in [0.2, 0.25) is 0 Å². The molecule has 0 saturated carbocycles. The molecule has 0 spiro atoms. The largest absolute Gasteiger partial charge is 0.473 e. The molecular formula is C19H27ClN2O2. The van der Waals surface area contributed by atoms with Gasteiger partial charge in [-0.3, -0.25) is 5.73 Å². The highest BCUT2D eigenvalue weighted by Crippen LogP contribution is 2.19. The molecule has 4 N–H and O–H groups in total. The highest BCUT2D eigenvalue weighted by molar-refractivity contribution is 5.85. The van der Waals surface area contributed by atoms with Crippen LogP contribution in [0.25, 0.3) is 0 Å². The summed E-state index contributed by atoms with van der Waals surface area (Å²) < 4.78 is 5.54. The smallest absolute Gasteiger partial charge is 0.173 e. The van der Waals surface area contributed by atoms with Crippen LogP contribution in [0.3, 0.4) is 0 Å². The normalized spacial score (nSPS) is 12.8. The van der Waals surface area contributed by atoms with Crippen molar-refractivity contribution in [1.29, 1.82) is 0 Å². The molecule has 4 nitrogen and oxygen atoms in total. The quantitative estimate of drug-likeness (QED) is 0.502. The molecule has 0 aliphatic carbocycles. The fourth-order valence-corrected chi connectivity index (χ4v) is 2.52. The van der Waals surface area contributed by atoms with E-state index < -0.39 is 12.3 Å². The van der Waals surface area contributed by atoms with Crippen LogP contribution in [0, 0.1) is 13.8 Å². The van der Waals surface area contributed by atoms with Crippen LogP contribution in [0.5, 0.6) is 5.75 Å². The topological polar surface area (TPSA) is 67.5 Å². The molecule has 5 heteroatoms. The zero-order valence-corrected chi connectivity index (χ0v) is 15.1. The van der Waals surface area contributed by atoms with E-state index in [1.165, 1.54) is 16.8 Å². The third-order valence-corrected chi connectivity index (χ3v) is 3.85. The fraction of sp³-hybridized carbons (Fsp3) is 0.368. The van der Waals surface area contributed by atoms with Gasteiger partial charge in [-0.2, -0.15) is 0 Å². The summed E-state index contributed by atoms with van der Waals surface area (Å²) in [5.74, 6) is 0.674. The minimum Gasteiger partial charge on any atom is -0.473 e. The number of hydrogen-bond acceptors (Lipinski definition) is 4. The zero-order chi connectivity index (χ0) is 16.7.